The van der Waals surface area contributed by atoms with Crippen LogP contribution in [0.4, 0.5) is 4.79 Å². The Morgan fingerprint density at radius 2 is 1.86 bits per heavy atom. The largest absolute Gasteiger partial charge is 0.444 e. The number of nitrogens with zero attached hydrogens (tertiary/aromatic N) is 1. The summed E-state index contributed by atoms with van der Waals surface area (Å²) in [5, 5.41) is 2.89. The van der Waals surface area contributed by atoms with Crippen molar-refractivity contribution in [2.75, 3.05) is 13.1 Å². The zero-order valence-electron chi connectivity index (χ0n) is 14.6. The molecule has 0 aliphatic heterocycles. The lowest BCUT2D eigenvalue weighted by Gasteiger charge is -2.30. The average molecular weight is 306 g/mol. The van der Waals surface area contributed by atoms with Gasteiger partial charge in [0.15, 0.2) is 0 Å². The second-order valence-electron chi connectivity index (χ2n) is 6.49. The number of amides is 1. The molecule has 22 heavy (non-hydrogen) atoms. The summed E-state index contributed by atoms with van der Waals surface area (Å²) in [7, 11) is 0. The van der Waals surface area contributed by atoms with E-state index in [1.807, 2.05) is 26.8 Å². The fourth-order valence-electron chi connectivity index (χ4n) is 2.36. The number of alkyl carbamates (subject to hydrolysis) is 1. The van der Waals surface area contributed by atoms with Gasteiger partial charge in [0.1, 0.15) is 5.60 Å². The van der Waals surface area contributed by atoms with Gasteiger partial charge >= 0.3 is 6.09 Å². The Hall–Kier alpha value is -1.55. The van der Waals surface area contributed by atoms with Gasteiger partial charge in [0.2, 0.25) is 0 Å². The number of benzene rings is 1. The van der Waals surface area contributed by atoms with Crippen LogP contribution in [0.15, 0.2) is 30.3 Å². The highest BCUT2D eigenvalue weighted by atomic mass is 16.6. The molecule has 0 spiro atoms. The van der Waals surface area contributed by atoms with E-state index in [0.29, 0.717) is 12.6 Å². The van der Waals surface area contributed by atoms with E-state index in [9.17, 15) is 4.79 Å². The van der Waals surface area contributed by atoms with E-state index in [4.69, 9.17) is 4.74 Å². The number of carbonyl (C=O) groups excluding carboxylic acids is 1. The second kappa shape index (κ2) is 8.79. The Kier molecular flexibility index (Phi) is 7.39. The van der Waals surface area contributed by atoms with E-state index in [1.54, 1.807) is 0 Å². The maximum absolute atomic E-state index is 11.8. The van der Waals surface area contributed by atoms with Crippen molar-refractivity contribution in [3.05, 3.63) is 35.9 Å². The van der Waals surface area contributed by atoms with Crippen LogP contribution in [0.5, 0.6) is 0 Å². The lowest BCUT2D eigenvalue weighted by Crippen LogP contribution is -2.44. The first kappa shape index (κ1) is 18.5. The Bertz CT molecular complexity index is 440. The van der Waals surface area contributed by atoms with Gasteiger partial charge in [-0.15, -0.1) is 0 Å². The average Bonchev–Trinajstić information content (AvgIpc) is 2.45. The number of hydrogen-bond donors (Lipinski definition) is 1. The van der Waals surface area contributed by atoms with Gasteiger partial charge in [-0.1, -0.05) is 44.2 Å². The molecular formula is C18H30N2O2. The molecule has 0 bridgehead atoms. The van der Waals surface area contributed by atoms with E-state index < -0.39 is 5.60 Å². The molecule has 0 saturated heterocycles. The lowest BCUT2D eigenvalue weighted by molar-refractivity contribution is 0.0505. The summed E-state index contributed by atoms with van der Waals surface area (Å²) in [6, 6.07) is 10.7. The summed E-state index contributed by atoms with van der Waals surface area (Å²) >= 11 is 0. The SMILES string of the molecule is CCC(CNC(=O)OC(C)(C)C)N(CC)Cc1ccccc1. The van der Waals surface area contributed by atoms with Crippen LogP contribution in [0.2, 0.25) is 0 Å². The fourth-order valence-corrected chi connectivity index (χ4v) is 2.36. The summed E-state index contributed by atoms with van der Waals surface area (Å²) < 4.78 is 5.30. The number of ether oxygens (including phenoxy) is 1. The molecule has 0 aliphatic rings. The first-order valence-electron chi connectivity index (χ1n) is 8.10. The van der Waals surface area contributed by atoms with Crippen molar-refractivity contribution < 1.29 is 9.53 Å². The first-order valence-corrected chi connectivity index (χ1v) is 8.10. The zero-order chi connectivity index (χ0) is 16.6. The monoisotopic (exact) mass is 306 g/mol. The van der Waals surface area contributed by atoms with Crippen LogP contribution in [0.1, 0.15) is 46.6 Å². The maximum atomic E-state index is 11.8. The quantitative estimate of drug-likeness (QED) is 0.833. The third kappa shape index (κ3) is 6.94. The number of rotatable bonds is 7. The van der Waals surface area contributed by atoms with Crippen LogP contribution >= 0.6 is 0 Å². The fraction of sp³-hybridized carbons (Fsp3) is 0.611. The third-order valence-corrected chi connectivity index (χ3v) is 3.50. The van der Waals surface area contributed by atoms with Gasteiger partial charge in [-0.3, -0.25) is 4.90 Å². The predicted molar refractivity (Wildman–Crippen MR) is 90.8 cm³/mol. The molecule has 1 atom stereocenters. The van der Waals surface area contributed by atoms with Gasteiger partial charge < -0.3 is 10.1 Å². The molecule has 4 heteroatoms. The molecule has 0 aromatic heterocycles. The maximum Gasteiger partial charge on any atom is 0.407 e. The van der Waals surface area contributed by atoms with E-state index in [2.05, 4.69) is 48.3 Å². The molecular weight excluding hydrogens is 276 g/mol. The topological polar surface area (TPSA) is 41.6 Å². The van der Waals surface area contributed by atoms with Crippen LogP contribution in [0.3, 0.4) is 0 Å². The summed E-state index contributed by atoms with van der Waals surface area (Å²) in [4.78, 5) is 14.2. The number of likely N-dealkylation sites (N-methyl/N-ethyl adjacent to an activating group) is 1. The predicted octanol–water partition coefficient (Wildman–Crippen LogP) is 3.81. The molecule has 124 valence electrons. The molecule has 1 aromatic carbocycles. The minimum absolute atomic E-state index is 0.303. The van der Waals surface area contributed by atoms with Crippen molar-refractivity contribution in [3.8, 4) is 0 Å². The minimum atomic E-state index is -0.458. The van der Waals surface area contributed by atoms with Crippen LogP contribution in [0, 0.1) is 0 Å². The molecule has 1 N–H and O–H groups in total. The van der Waals surface area contributed by atoms with Gasteiger partial charge in [0, 0.05) is 19.1 Å². The molecule has 1 aromatic rings. The molecule has 1 rings (SSSR count). The van der Waals surface area contributed by atoms with E-state index >= 15 is 0 Å². The molecule has 1 unspecified atom stereocenters. The van der Waals surface area contributed by atoms with Gasteiger partial charge in [-0.05, 0) is 39.3 Å². The van der Waals surface area contributed by atoms with Crippen LogP contribution in [0.25, 0.3) is 0 Å². The number of hydrogen-bond acceptors (Lipinski definition) is 3. The third-order valence-electron chi connectivity index (χ3n) is 3.50. The standard InChI is InChI=1S/C18H30N2O2/c1-6-16(13-19-17(21)22-18(3,4)5)20(7-2)14-15-11-9-8-10-12-15/h8-12,16H,6-7,13-14H2,1-5H3,(H,19,21). The lowest BCUT2D eigenvalue weighted by atomic mass is 10.1. The van der Waals surface area contributed by atoms with Crippen molar-refractivity contribution in [1.29, 1.82) is 0 Å². The summed E-state index contributed by atoms with van der Waals surface area (Å²) in [6.45, 7) is 12.4. The van der Waals surface area contributed by atoms with Crippen molar-refractivity contribution >= 4 is 6.09 Å². The van der Waals surface area contributed by atoms with E-state index in [-0.39, 0.29) is 6.09 Å². The van der Waals surface area contributed by atoms with Crippen LogP contribution in [-0.4, -0.2) is 35.7 Å². The molecule has 0 radical (unpaired) electrons. The number of carbonyl (C=O) groups is 1. The molecule has 0 aliphatic carbocycles. The Morgan fingerprint density at radius 1 is 1.23 bits per heavy atom. The van der Waals surface area contributed by atoms with Gasteiger partial charge in [0.05, 0.1) is 0 Å². The highest BCUT2D eigenvalue weighted by Gasteiger charge is 2.19. The van der Waals surface area contributed by atoms with Crippen molar-refractivity contribution in [3.63, 3.8) is 0 Å². The Labute approximate surface area is 134 Å². The summed E-state index contributed by atoms with van der Waals surface area (Å²) in [6.07, 6.45) is 0.637. The molecule has 1 amide bonds. The first-order chi connectivity index (χ1) is 10.4. The highest BCUT2D eigenvalue weighted by Crippen LogP contribution is 2.11. The number of nitrogens with one attached hydrogen (secondary N) is 1. The van der Waals surface area contributed by atoms with Crippen molar-refractivity contribution in [2.24, 2.45) is 0 Å². The smallest absolute Gasteiger partial charge is 0.407 e. The van der Waals surface area contributed by atoms with Gasteiger partial charge in [-0.25, -0.2) is 4.79 Å². The molecule has 0 saturated carbocycles. The molecule has 0 heterocycles. The molecule has 0 fully saturated rings. The van der Waals surface area contributed by atoms with E-state index in [1.165, 1.54) is 5.56 Å². The highest BCUT2D eigenvalue weighted by molar-refractivity contribution is 5.67. The normalized spacial score (nSPS) is 13.0. The summed E-state index contributed by atoms with van der Waals surface area (Å²) in [5.74, 6) is 0. The van der Waals surface area contributed by atoms with Crippen LogP contribution < -0.4 is 5.32 Å². The van der Waals surface area contributed by atoms with Crippen molar-refractivity contribution in [2.45, 2.75) is 59.2 Å². The minimum Gasteiger partial charge on any atom is -0.444 e. The van der Waals surface area contributed by atoms with E-state index in [0.717, 1.165) is 19.5 Å². The van der Waals surface area contributed by atoms with Gasteiger partial charge in [-0.2, -0.15) is 0 Å². The Morgan fingerprint density at radius 3 is 2.36 bits per heavy atom. The van der Waals surface area contributed by atoms with Crippen LogP contribution in [-0.2, 0) is 11.3 Å². The zero-order valence-corrected chi connectivity index (χ0v) is 14.6. The molecule has 4 nitrogen and oxygen atoms in total. The van der Waals surface area contributed by atoms with Gasteiger partial charge in [0.25, 0.3) is 0 Å². The Balaban J connectivity index is 2.55. The second-order valence-corrected chi connectivity index (χ2v) is 6.49. The summed E-state index contributed by atoms with van der Waals surface area (Å²) in [5.41, 5.74) is 0.834. The van der Waals surface area contributed by atoms with Crippen molar-refractivity contribution in [1.82, 2.24) is 10.2 Å².